The minimum Gasteiger partial charge on any atom is -0.455 e. The molecular weight excluding hydrogens is 474 g/mol. The Morgan fingerprint density at radius 1 is 1.18 bits per heavy atom. The fourth-order valence-corrected chi connectivity index (χ4v) is 7.26. The van der Waals surface area contributed by atoms with Gasteiger partial charge in [0.2, 0.25) is 0 Å². The number of ether oxygens (including phenoxy) is 2. The third-order valence-electron chi connectivity index (χ3n) is 7.00. The second-order valence-corrected chi connectivity index (χ2v) is 11.1. The molecule has 1 amide bonds. The van der Waals surface area contributed by atoms with Gasteiger partial charge in [-0.3, -0.25) is 14.2 Å². The van der Waals surface area contributed by atoms with E-state index in [0.717, 1.165) is 29.5 Å². The van der Waals surface area contributed by atoms with Gasteiger partial charge in [-0.2, -0.15) is 0 Å². The van der Waals surface area contributed by atoms with Crippen molar-refractivity contribution in [1.82, 2.24) is 14.5 Å². The normalized spacial score (nSPS) is 19.7. The number of piperidine rings is 1. The zero-order valence-electron chi connectivity index (χ0n) is 19.1. The van der Waals surface area contributed by atoms with E-state index in [-0.39, 0.29) is 11.5 Å². The molecule has 8 nitrogen and oxygen atoms in total. The lowest BCUT2D eigenvalue weighted by Crippen LogP contribution is -2.47. The van der Waals surface area contributed by atoms with Gasteiger partial charge in [0, 0.05) is 37.9 Å². The largest absolute Gasteiger partial charge is 0.455 e. The average Bonchev–Trinajstić information content (AvgIpc) is 3.59. The van der Waals surface area contributed by atoms with Crippen LogP contribution in [0.25, 0.3) is 10.2 Å². The van der Waals surface area contributed by atoms with Gasteiger partial charge in [0.1, 0.15) is 10.6 Å². The molecule has 0 atom stereocenters. The average molecular weight is 502 g/mol. The third-order valence-corrected chi connectivity index (χ3v) is 9.24. The van der Waals surface area contributed by atoms with E-state index >= 15 is 0 Å². The highest BCUT2D eigenvalue weighted by molar-refractivity contribution is 7.98. The maximum Gasteiger partial charge on any atom is 0.289 e. The van der Waals surface area contributed by atoms with Crippen LogP contribution in [-0.2, 0) is 35.1 Å². The van der Waals surface area contributed by atoms with Gasteiger partial charge >= 0.3 is 0 Å². The summed E-state index contributed by atoms with van der Waals surface area (Å²) in [5, 5.41) is 1.47. The van der Waals surface area contributed by atoms with Crippen molar-refractivity contribution in [1.29, 1.82) is 0 Å². The van der Waals surface area contributed by atoms with E-state index < -0.39 is 5.79 Å². The second-order valence-electron chi connectivity index (χ2n) is 9.10. The molecule has 0 saturated carbocycles. The minimum atomic E-state index is -0.506. The number of carbonyl (C=O) groups is 1. The highest BCUT2D eigenvalue weighted by atomic mass is 32.2. The SMILES string of the molecule is Cn1c(SCc2ccc(C(=O)N3CCC4(CC3)OCCO4)o2)nc2sc3c(c2c1=O)CCCC3. The molecule has 3 aliphatic rings. The van der Waals surface area contributed by atoms with Crippen LogP contribution in [0.4, 0.5) is 0 Å². The van der Waals surface area contributed by atoms with Crippen LogP contribution in [0.5, 0.6) is 0 Å². The molecule has 0 aromatic carbocycles. The third kappa shape index (κ3) is 3.90. The molecule has 6 rings (SSSR count). The molecule has 0 bridgehead atoms. The lowest BCUT2D eigenvalue weighted by atomic mass is 9.97. The first kappa shape index (κ1) is 22.3. The number of aryl methyl sites for hydroxylation is 2. The van der Waals surface area contributed by atoms with Crippen molar-refractivity contribution in [3.63, 3.8) is 0 Å². The van der Waals surface area contributed by atoms with Gasteiger partial charge in [-0.05, 0) is 43.4 Å². The maximum atomic E-state index is 13.1. The number of furan rings is 1. The molecule has 0 unspecified atom stereocenters. The molecule has 0 radical (unpaired) electrons. The molecule has 10 heteroatoms. The van der Waals surface area contributed by atoms with Crippen LogP contribution in [0, 0.1) is 0 Å². The molecule has 180 valence electrons. The Morgan fingerprint density at radius 2 is 1.94 bits per heavy atom. The molecule has 2 fully saturated rings. The summed E-state index contributed by atoms with van der Waals surface area (Å²) in [5.41, 5.74) is 1.24. The standard InChI is InChI=1S/C24H27N3O5S2/c1-26-22(29)19-16-4-2-3-5-18(16)34-20(19)25-23(26)33-14-15-6-7-17(32-15)21(28)27-10-8-24(9-11-27)30-12-13-31-24/h6-7H,2-5,8-14H2,1H3. The summed E-state index contributed by atoms with van der Waals surface area (Å²) in [6.07, 6.45) is 5.69. The Labute approximate surface area is 205 Å². The molecule has 34 heavy (non-hydrogen) atoms. The summed E-state index contributed by atoms with van der Waals surface area (Å²) in [7, 11) is 1.78. The molecular formula is C24H27N3O5S2. The van der Waals surface area contributed by atoms with Crippen LogP contribution in [-0.4, -0.2) is 52.4 Å². The number of fused-ring (bicyclic) bond motifs is 3. The second kappa shape index (κ2) is 8.82. The van der Waals surface area contributed by atoms with Crippen LogP contribution in [0.1, 0.15) is 52.4 Å². The number of thiophene rings is 1. The number of carbonyl (C=O) groups excluding carboxylic acids is 1. The van der Waals surface area contributed by atoms with E-state index in [1.165, 1.54) is 28.6 Å². The van der Waals surface area contributed by atoms with Crippen molar-refractivity contribution in [2.45, 2.75) is 55.2 Å². The van der Waals surface area contributed by atoms with Crippen molar-refractivity contribution in [2.24, 2.45) is 7.05 Å². The van der Waals surface area contributed by atoms with E-state index in [4.69, 9.17) is 18.9 Å². The van der Waals surface area contributed by atoms with Crippen molar-refractivity contribution < 1.29 is 18.7 Å². The molecule has 1 spiro atoms. The fraction of sp³-hybridized carbons (Fsp3) is 0.542. The molecule has 3 aromatic rings. The summed E-state index contributed by atoms with van der Waals surface area (Å²) < 4.78 is 19.0. The van der Waals surface area contributed by atoms with Crippen molar-refractivity contribution in [3.8, 4) is 0 Å². The van der Waals surface area contributed by atoms with Crippen LogP contribution in [0.2, 0.25) is 0 Å². The Morgan fingerprint density at radius 3 is 2.74 bits per heavy atom. The van der Waals surface area contributed by atoms with E-state index in [1.807, 2.05) is 6.07 Å². The predicted octanol–water partition coefficient (Wildman–Crippen LogP) is 3.74. The Bertz CT molecular complexity index is 1290. The van der Waals surface area contributed by atoms with Gasteiger partial charge in [-0.15, -0.1) is 11.3 Å². The van der Waals surface area contributed by atoms with Gasteiger partial charge in [-0.25, -0.2) is 4.98 Å². The zero-order chi connectivity index (χ0) is 23.3. The van der Waals surface area contributed by atoms with E-state index in [9.17, 15) is 9.59 Å². The van der Waals surface area contributed by atoms with Crippen LogP contribution in [0.3, 0.4) is 0 Å². The summed E-state index contributed by atoms with van der Waals surface area (Å²) in [4.78, 5) is 34.8. The molecule has 1 aliphatic carbocycles. The first-order chi connectivity index (χ1) is 16.5. The van der Waals surface area contributed by atoms with E-state index in [1.54, 1.807) is 33.9 Å². The Balaban J connectivity index is 1.14. The fourth-order valence-electron chi connectivity index (χ4n) is 5.09. The lowest BCUT2D eigenvalue weighted by molar-refractivity contribution is -0.181. The number of amides is 1. The van der Waals surface area contributed by atoms with Crippen molar-refractivity contribution >= 4 is 39.2 Å². The predicted molar refractivity (Wildman–Crippen MR) is 130 cm³/mol. The molecule has 0 N–H and O–H groups in total. The smallest absolute Gasteiger partial charge is 0.289 e. The summed E-state index contributed by atoms with van der Waals surface area (Å²) in [6, 6.07) is 3.56. The summed E-state index contributed by atoms with van der Waals surface area (Å²) >= 11 is 3.12. The van der Waals surface area contributed by atoms with Gasteiger partial charge in [0.15, 0.2) is 16.7 Å². The van der Waals surface area contributed by atoms with Gasteiger partial charge in [0.25, 0.3) is 11.5 Å². The van der Waals surface area contributed by atoms with Gasteiger partial charge in [-0.1, -0.05) is 11.8 Å². The summed E-state index contributed by atoms with van der Waals surface area (Å²) in [6.45, 7) is 2.41. The topological polar surface area (TPSA) is 86.8 Å². The summed E-state index contributed by atoms with van der Waals surface area (Å²) in [5.74, 6) is 0.898. The number of nitrogens with zero attached hydrogens (tertiary/aromatic N) is 3. The molecule has 5 heterocycles. The highest BCUT2D eigenvalue weighted by Crippen LogP contribution is 2.35. The van der Waals surface area contributed by atoms with E-state index in [0.29, 0.717) is 61.6 Å². The number of thioether (sulfide) groups is 1. The first-order valence-corrected chi connectivity index (χ1v) is 13.6. The van der Waals surface area contributed by atoms with E-state index in [2.05, 4.69) is 0 Å². The van der Waals surface area contributed by atoms with Crippen molar-refractivity contribution in [2.75, 3.05) is 26.3 Å². The van der Waals surface area contributed by atoms with Gasteiger partial charge < -0.3 is 18.8 Å². The Hall–Kier alpha value is -2.14. The van der Waals surface area contributed by atoms with Crippen LogP contribution >= 0.6 is 23.1 Å². The Kier molecular flexibility index (Phi) is 5.79. The van der Waals surface area contributed by atoms with Crippen LogP contribution in [0.15, 0.2) is 26.5 Å². The molecule has 2 aliphatic heterocycles. The zero-order valence-corrected chi connectivity index (χ0v) is 20.8. The van der Waals surface area contributed by atoms with Crippen LogP contribution < -0.4 is 5.56 Å². The maximum absolute atomic E-state index is 13.1. The number of rotatable bonds is 4. The first-order valence-electron chi connectivity index (χ1n) is 11.8. The lowest BCUT2D eigenvalue weighted by Gasteiger charge is -2.37. The molecule has 2 saturated heterocycles. The van der Waals surface area contributed by atoms with Gasteiger partial charge in [0.05, 0.1) is 24.4 Å². The number of likely N-dealkylation sites (tertiary alicyclic amines) is 1. The number of hydrogen-bond acceptors (Lipinski definition) is 8. The van der Waals surface area contributed by atoms with Crippen molar-refractivity contribution in [3.05, 3.63) is 44.4 Å². The quantitative estimate of drug-likeness (QED) is 0.398. The minimum absolute atomic E-state index is 0.0281. The highest BCUT2D eigenvalue weighted by Gasteiger charge is 2.41. The number of aromatic nitrogens is 2. The molecule has 3 aromatic heterocycles. The monoisotopic (exact) mass is 501 g/mol. The number of hydrogen-bond donors (Lipinski definition) is 0.